The summed E-state index contributed by atoms with van der Waals surface area (Å²) in [7, 11) is 0. The monoisotopic (exact) mass is 386 g/mol. The highest BCUT2D eigenvalue weighted by atomic mass is 16.6. The lowest BCUT2D eigenvalue weighted by molar-refractivity contribution is -0.384. The largest absolute Gasteiger partial charge is 0.485 e. The number of fused-ring (bicyclic) bond motifs is 1. The van der Waals surface area contributed by atoms with E-state index in [2.05, 4.69) is 5.32 Å². The lowest BCUT2D eigenvalue weighted by Gasteiger charge is -2.25. The van der Waals surface area contributed by atoms with Crippen LogP contribution in [0.15, 0.2) is 48.5 Å². The summed E-state index contributed by atoms with van der Waals surface area (Å²) < 4.78 is 15.6. The number of carbonyl (C=O) groups excluding carboxylic acids is 3. The molecule has 0 fully saturated rings. The van der Waals surface area contributed by atoms with E-state index in [9.17, 15) is 24.5 Å². The number of nitro benzene ring substituents is 1. The molecule has 0 bridgehead atoms. The highest BCUT2D eigenvalue weighted by molar-refractivity contribution is 5.99. The molecule has 144 valence electrons. The Labute approximate surface area is 158 Å². The average Bonchev–Trinajstić information content (AvgIpc) is 2.71. The van der Waals surface area contributed by atoms with Crippen molar-refractivity contribution in [3.8, 4) is 11.5 Å². The summed E-state index contributed by atoms with van der Waals surface area (Å²) in [6.45, 7) is -0.773. The van der Waals surface area contributed by atoms with Gasteiger partial charge >= 0.3 is 5.97 Å². The zero-order valence-corrected chi connectivity index (χ0v) is 14.3. The van der Waals surface area contributed by atoms with Gasteiger partial charge in [-0.1, -0.05) is 12.1 Å². The number of imide groups is 1. The molecule has 2 aromatic carbocycles. The van der Waals surface area contributed by atoms with Gasteiger partial charge in [-0.05, 0) is 24.3 Å². The van der Waals surface area contributed by atoms with Crippen LogP contribution in [0.25, 0.3) is 0 Å². The number of nitrogens with zero attached hydrogens (tertiary/aromatic N) is 1. The van der Waals surface area contributed by atoms with Gasteiger partial charge in [0.25, 0.3) is 17.5 Å². The average molecular weight is 386 g/mol. The van der Waals surface area contributed by atoms with Gasteiger partial charge in [0.15, 0.2) is 18.1 Å². The second-order valence-corrected chi connectivity index (χ2v) is 5.66. The van der Waals surface area contributed by atoms with E-state index >= 15 is 0 Å². The van der Waals surface area contributed by atoms with Gasteiger partial charge in [0.05, 0.1) is 10.5 Å². The predicted molar refractivity (Wildman–Crippen MR) is 92.9 cm³/mol. The van der Waals surface area contributed by atoms with Crippen LogP contribution in [0.5, 0.6) is 11.5 Å². The fourth-order valence-corrected chi connectivity index (χ4v) is 2.34. The van der Waals surface area contributed by atoms with Crippen molar-refractivity contribution in [2.75, 3.05) is 13.2 Å². The summed E-state index contributed by atoms with van der Waals surface area (Å²) in [5, 5.41) is 12.6. The molecule has 0 saturated heterocycles. The first-order valence-electron chi connectivity index (χ1n) is 8.08. The number of para-hydroxylation sites is 2. The fraction of sp³-hybridized carbons (Fsp3) is 0.167. The van der Waals surface area contributed by atoms with Gasteiger partial charge < -0.3 is 14.2 Å². The first-order valence-corrected chi connectivity index (χ1v) is 8.08. The standard InChI is InChI=1S/C18H14N2O8/c21-16(10-27-18(23)11-5-7-12(8-6-11)20(24)25)19-17(22)15-9-26-13-3-1-2-4-14(13)28-15/h1-8,15H,9-10H2,(H,19,21,22)/t15-/m0/s1. The number of rotatable bonds is 5. The Morgan fingerprint density at radius 3 is 2.46 bits per heavy atom. The maximum atomic E-state index is 12.1. The van der Waals surface area contributed by atoms with Gasteiger partial charge in [-0.2, -0.15) is 0 Å². The Balaban J connectivity index is 1.48. The molecule has 0 aromatic heterocycles. The predicted octanol–water partition coefficient (Wildman–Crippen LogP) is 1.23. The van der Waals surface area contributed by atoms with Crippen LogP contribution >= 0.6 is 0 Å². The van der Waals surface area contributed by atoms with Crippen LogP contribution in [0.2, 0.25) is 0 Å². The summed E-state index contributed by atoms with van der Waals surface area (Å²) in [6, 6.07) is 11.5. The zero-order valence-electron chi connectivity index (χ0n) is 14.3. The molecule has 10 heteroatoms. The molecular formula is C18H14N2O8. The number of nitro groups is 1. The van der Waals surface area contributed by atoms with E-state index in [0.29, 0.717) is 11.5 Å². The van der Waals surface area contributed by atoms with Crippen molar-refractivity contribution < 1.29 is 33.5 Å². The molecule has 1 aliphatic heterocycles. The van der Waals surface area contributed by atoms with Crippen LogP contribution in [-0.4, -0.2) is 42.0 Å². The van der Waals surface area contributed by atoms with Crippen molar-refractivity contribution in [1.82, 2.24) is 5.32 Å². The van der Waals surface area contributed by atoms with Gasteiger partial charge in [0, 0.05) is 12.1 Å². The normalized spacial score (nSPS) is 14.6. The molecule has 1 aliphatic rings. The number of esters is 1. The summed E-state index contributed by atoms with van der Waals surface area (Å²) in [6.07, 6.45) is -1.02. The lowest BCUT2D eigenvalue weighted by Crippen LogP contribution is -2.47. The highest BCUT2D eigenvalue weighted by Crippen LogP contribution is 2.30. The van der Waals surface area contributed by atoms with Crippen LogP contribution in [-0.2, 0) is 14.3 Å². The molecule has 3 rings (SSSR count). The lowest BCUT2D eigenvalue weighted by atomic mass is 10.2. The Hall–Kier alpha value is -3.95. The minimum Gasteiger partial charge on any atom is -0.485 e. The smallest absolute Gasteiger partial charge is 0.338 e. The molecule has 28 heavy (non-hydrogen) atoms. The number of benzene rings is 2. The molecule has 2 amide bonds. The number of nitrogens with one attached hydrogen (secondary N) is 1. The number of non-ortho nitro benzene ring substituents is 1. The minimum atomic E-state index is -1.02. The molecule has 0 spiro atoms. The molecule has 0 saturated carbocycles. The Kier molecular flexibility index (Phi) is 5.49. The maximum Gasteiger partial charge on any atom is 0.338 e. The van der Waals surface area contributed by atoms with Crippen molar-refractivity contribution in [2.45, 2.75) is 6.10 Å². The highest BCUT2D eigenvalue weighted by Gasteiger charge is 2.28. The number of amides is 2. The number of hydrogen-bond donors (Lipinski definition) is 1. The summed E-state index contributed by atoms with van der Waals surface area (Å²) >= 11 is 0. The third-order valence-electron chi connectivity index (χ3n) is 3.71. The summed E-state index contributed by atoms with van der Waals surface area (Å²) in [5.41, 5.74) is -0.151. The van der Waals surface area contributed by atoms with E-state index in [0.717, 1.165) is 12.1 Å². The van der Waals surface area contributed by atoms with Crippen molar-refractivity contribution >= 4 is 23.5 Å². The van der Waals surface area contributed by atoms with Crippen molar-refractivity contribution in [2.24, 2.45) is 0 Å². The molecule has 2 aromatic rings. The quantitative estimate of drug-likeness (QED) is 0.461. The SMILES string of the molecule is O=C(COC(=O)c1ccc([N+](=O)[O-])cc1)NC(=O)[C@@H]1COc2ccccc2O1. The number of carbonyl (C=O) groups is 3. The Morgan fingerprint density at radius 1 is 1.11 bits per heavy atom. The zero-order chi connectivity index (χ0) is 20.1. The van der Waals surface area contributed by atoms with Crippen LogP contribution in [0.3, 0.4) is 0 Å². The van der Waals surface area contributed by atoms with E-state index in [1.54, 1.807) is 24.3 Å². The van der Waals surface area contributed by atoms with Crippen molar-refractivity contribution in [1.29, 1.82) is 0 Å². The fourth-order valence-electron chi connectivity index (χ4n) is 2.34. The van der Waals surface area contributed by atoms with E-state index in [-0.39, 0.29) is 17.9 Å². The number of hydrogen-bond acceptors (Lipinski definition) is 8. The first-order chi connectivity index (χ1) is 13.4. The van der Waals surface area contributed by atoms with Gasteiger partial charge in [-0.3, -0.25) is 25.0 Å². The second kappa shape index (κ2) is 8.16. The van der Waals surface area contributed by atoms with E-state index < -0.39 is 35.4 Å². The summed E-state index contributed by atoms with van der Waals surface area (Å²) in [4.78, 5) is 45.7. The molecule has 1 N–H and O–H groups in total. The van der Waals surface area contributed by atoms with E-state index in [1.165, 1.54) is 12.1 Å². The van der Waals surface area contributed by atoms with E-state index in [1.807, 2.05) is 0 Å². The first kappa shape index (κ1) is 18.8. The summed E-state index contributed by atoms with van der Waals surface area (Å²) in [5.74, 6) is -1.56. The molecule has 1 heterocycles. The van der Waals surface area contributed by atoms with Crippen molar-refractivity contribution in [3.63, 3.8) is 0 Å². The molecule has 0 radical (unpaired) electrons. The third-order valence-corrected chi connectivity index (χ3v) is 3.71. The second-order valence-electron chi connectivity index (χ2n) is 5.66. The molecular weight excluding hydrogens is 372 g/mol. The maximum absolute atomic E-state index is 12.1. The van der Waals surface area contributed by atoms with Crippen LogP contribution in [0.4, 0.5) is 5.69 Å². The van der Waals surface area contributed by atoms with Gasteiger partial charge in [0.2, 0.25) is 6.10 Å². The van der Waals surface area contributed by atoms with E-state index in [4.69, 9.17) is 14.2 Å². The van der Waals surface area contributed by atoms with Crippen LogP contribution in [0, 0.1) is 10.1 Å². The van der Waals surface area contributed by atoms with Crippen LogP contribution in [0.1, 0.15) is 10.4 Å². The minimum absolute atomic E-state index is 0.0327. The van der Waals surface area contributed by atoms with Crippen molar-refractivity contribution in [3.05, 3.63) is 64.2 Å². The number of ether oxygens (including phenoxy) is 3. The van der Waals surface area contributed by atoms with Crippen LogP contribution < -0.4 is 14.8 Å². The van der Waals surface area contributed by atoms with Gasteiger partial charge in [-0.25, -0.2) is 4.79 Å². The molecule has 0 unspecified atom stereocenters. The molecule has 1 atom stereocenters. The third kappa shape index (κ3) is 4.41. The van der Waals surface area contributed by atoms with Gasteiger partial charge in [0.1, 0.15) is 6.61 Å². The molecule has 0 aliphatic carbocycles. The Morgan fingerprint density at radius 2 is 1.79 bits per heavy atom. The van der Waals surface area contributed by atoms with Gasteiger partial charge in [-0.15, -0.1) is 0 Å². The molecule has 10 nitrogen and oxygen atoms in total. The topological polar surface area (TPSA) is 134 Å². The Bertz CT molecular complexity index is 925.